The topological polar surface area (TPSA) is 81.7 Å². The van der Waals surface area contributed by atoms with Crippen LogP contribution in [0.15, 0.2) is 12.1 Å². The minimum atomic E-state index is -1.36. The molecule has 0 aliphatic carbocycles. The molecule has 98 valence electrons. The predicted molar refractivity (Wildman–Crippen MR) is 66.0 cm³/mol. The molecule has 0 bridgehead atoms. The highest BCUT2D eigenvalue weighted by molar-refractivity contribution is 5.98. The lowest BCUT2D eigenvalue weighted by atomic mass is 10.1. The lowest BCUT2D eigenvalue weighted by Gasteiger charge is -2.21. The quantitative estimate of drug-likeness (QED) is 0.819. The SMILES string of the molecule is COc1cc(N(C)C)c(NC(C)=O)cc1C(=O)[O-]. The van der Waals surface area contributed by atoms with Gasteiger partial charge in [-0.3, -0.25) is 4.79 Å². The Morgan fingerprint density at radius 1 is 1.33 bits per heavy atom. The summed E-state index contributed by atoms with van der Waals surface area (Å²) in [5.74, 6) is -1.45. The number of benzene rings is 1. The van der Waals surface area contributed by atoms with Crippen molar-refractivity contribution in [3.05, 3.63) is 17.7 Å². The maximum atomic E-state index is 11.1. The molecule has 0 unspecified atom stereocenters. The molecule has 1 N–H and O–H groups in total. The standard InChI is InChI=1S/C12H16N2O4/c1-7(15)13-9-5-8(12(16)17)11(18-4)6-10(9)14(2)3/h5-6H,1-4H3,(H,13,15)(H,16,17)/p-1. The number of aromatic carboxylic acids is 1. The highest BCUT2D eigenvalue weighted by atomic mass is 16.5. The van der Waals surface area contributed by atoms with Gasteiger partial charge in [0.05, 0.1) is 24.5 Å². The van der Waals surface area contributed by atoms with E-state index in [4.69, 9.17) is 4.74 Å². The van der Waals surface area contributed by atoms with Gasteiger partial charge in [-0.2, -0.15) is 0 Å². The average Bonchev–Trinajstić information content (AvgIpc) is 2.27. The van der Waals surface area contributed by atoms with E-state index in [0.29, 0.717) is 11.4 Å². The lowest BCUT2D eigenvalue weighted by Crippen LogP contribution is -2.24. The van der Waals surface area contributed by atoms with Crippen LogP contribution in [0, 0.1) is 0 Å². The number of rotatable bonds is 4. The molecule has 0 aliphatic heterocycles. The molecule has 0 radical (unpaired) electrons. The van der Waals surface area contributed by atoms with Crippen LogP contribution >= 0.6 is 0 Å². The molecule has 0 saturated heterocycles. The van der Waals surface area contributed by atoms with Crippen LogP contribution in [0.3, 0.4) is 0 Å². The van der Waals surface area contributed by atoms with Gasteiger partial charge in [-0.15, -0.1) is 0 Å². The predicted octanol–water partition coefficient (Wildman–Crippen LogP) is 0.0831. The summed E-state index contributed by atoms with van der Waals surface area (Å²) in [5, 5.41) is 13.6. The van der Waals surface area contributed by atoms with Crippen molar-refractivity contribution < 1.29 is 19.4 Å². The van der Waals surface area contributed by atoms with Crippen molar-refractivity contribution in [3.63, 3.8) is 0 Å². The zero-order valence-corrected chi connectivity index (χ0v) is 10.7. The molecule has 1 aromatic carbocycles. The first-order valence-electron chi connectivity index (χ1n) is 5.25. The maximum absolute atomic E-state index is 11.1. The van der Waals surface area contributed by atoms with Crippen molar-refractivity contribution >= 4 is 23.3 Å². The smallest absolute Gasteiger partial charge is 0.221 e. The first kappa shape index (κ1) is 13.8. The third kappa shape index (κ3) is 2.91. The van der Waals surface area contributed by atoms with Crippen LogP contribution in [-0.2, 0) is 4.79 Å². The van der Waals surface area contributed by atoms with Crippen molar-refractivity contribution in [1.82, 2.24) is 0 Å². The second-order valence-electron chi connectivity index (χ2n) is 3.93. The fourth-order valence-electron chi connectivity index (χ4n) is 1.56. The van der Waals surface area contributed by atoms with Gasteiger partial charge in [0.15, 0.2) is 0 Å². The Bertz CT molecular complexity index is 483. The van der Waals surface area contributed by atoms with Crippen molar-refractivity contribution in [2.75, 3.05) is 31.4 Å². The van der Waals surface area contributed by atoms with Crippen LogP contribution < -0.4 is 20.1 Å². The van der Waals surface area contributed by atoms with Crippen LogP contribution in [0.4, 0.5) is 11.4 Å². The number of methoxy groups -OCH3 is 1. The van der Waals surface area contributed by atoms with Gasteiger partial charge >= 0.3 is 0 Å². The van der Waals surface area contributed by atoms with E-state index >= 15 is 0 Å². The Morgan fingerprint density at radius 3 is 2.33 bits per heavy atom. The zero-order chi connectivity index (χ0) is 13.9. The Hall–Kier alpha value is -2.24. The number of carbonyl (C=O) groups is 2. The van der Waals surface area contributed by atoms with E-state index in [-0.39, 0.29) is 17.2 Å². The number of carboxylic acids is 1. The average molecular weight is 251 g/mol. The van der Waals surface area contributed by atoms with Crippen molar-refractivity contribution in [2.45, 2.75) is 6.92 Å². The second kappa shape index (κ2) is 5.39. The lowest BCUT2D eigenvalue weighted by molar-refractivity contribution is -0.255. The number of hydrogen-bond donors (Lipinski definition) is 1. The van der Waals surface area contributed by atoms with Crippen molar-refractivity contribution in [3.8, 4) is 5.75 Å². The molecule has 6 nitrogen and oxygen atoms in total. The Morgan fingerprint density at radius 2 is 1.94 bits per heavy atom. The molecular formula is C12H15N2O4-. The van der Waals surface area contributed by atoms with Crippen LogP contribution in [-0.4, -0.2) is 33.1 Å². The van der Waals surface area contributed by atoms with E-state index in [2.05, 4.69) is 5.32 Å². The number of anilines is 2. The number of hydrogen-bond acceptors (Lipinski definition) is 5. The molecule has 6 heteroatoms. The summed E-state index contributed by atoms with van der Waals surface area (Å²) in [7, 11) is 4.93. The number of nitrogens with zero attached hydrogens (tertiary/aromatic N) is 1. The number of carbonyl (C=O) groups excluding carboxylic acids is 2. The monoisotopic (exact) mass is 251 g/mol. The molecule has 1 amide bonds. The van der Waals surface area contributed by atoms with E-state index in [1.807, 2.05) is 0 Å². The first-order valence-corrected chi connectivity index (χ1v) is 5.25. The van der Waals surface area contributed by atoms with Crippen LogP contribution in [0.1, 0.15) is 17.3 Å². The van der Waals surface area contributed by atoms with Crippen molar-refractivity contribution in [2.24, 2.45) is 0 Å². The van der Waals surface area contributed by atoms with Gasteiger partial charge < -0.3 is 24.9 Å². The summed E-state index contributed by atoms with van der Waals surface area (Å²) >= 11 is 0. The molecule has 0 saturated carbocycles. The summed E-state index contributed by atoms with van der Waals surface area (Å²) in [4.78, 5) is 23.8. The fraction of sp³-hybridized carbons (Fsp3) is 0.333. The minimum Gasteiger partial charge on any atom is -0.545 e. The second-order valence-corrected chi connectivity index (χ2v) is 3.93. The number of carboxylic acid groups (broad SMARTS) is 1. The Labute approximate surface area is 105 Å². The normalized spacial score (nSPS) is 9.78. The molecule has 0 atom stereocenters. The zero-order valence-electron chi connectivity index (χ0n) is 10.7. The summed E-state index contributed by atoms with van der Waals surface area (Å²) in [6.45, 7) is 1.35. The Balaban J connectivity index is 3.41. The molecule has 0 aromatic heterocycles. The molecule has 1 aromatic rings. The first-order chi connectivity index (χ1) is 8.36. The van der Waals surface area contributed by atoms with Crippen LogP contribution in [0.2, 0.25) is 0 Å². The van der Waals surface area contributed by atoms with Gasteiger partial charge in [0.2, 0.25) is 5.91 Å². The van der Waals surface area contributed by atoms with E-state index in [1.54, 1.807) is 19.0 Å². The number of ether oxygens (including phenoxy) is 1. The molecule has 0 fully saturated rings. The van der Waals surface area contributed by atoms with Crippen LogP contribution in [0.25, 0.3) is 0 Å². The van der Waals surface area contributed by atoms with Gasteiger partial charge in [0.25, 0.3) is 0 Å². The minimum absolute atomic E-state index is 0.105. The summed E-state index contributed by atoms with van der Waals surface area (Å²) in [6, 6.07) is 2.86. The third-order valence-electron chi connectivity index (χ3n) is 2.33. The fourth-order valence-corrected chi connectivity index (χ4v) is 1.56. The van der Waals surface area contributed by atoms with Gasteiger partial charge in [-0.05, 0) is 6.07 Å². The number of amides is 1. The highest BCUT2D eigenvalue weighted by Gasteiger charge is 2.13. The molecule has 0 spiro atoms. The van der Waals surface area contributed by atoms with Gasteiger partial charge in [-0.1, -0.05) is 0 Å². The largest absolute Gasteiger partial charge is 0.545 e. The summed E-state index contributed by atoms with van der Waals surface area (Å²) < 4.78 is 5.00. The Kier molecular flexibility index (Phi) is 4.14. The molecule has 0 aliphatic rings. The summed E-state index contributed by atoms with van der Waals surface area (Å²) in [5.41, 5.74) is 0.936. The van der Waals surface area contributed by atoms with Gasteiger partial charge in [0.1, 0.15) is 5.75 Å². The van der Waals surface area contributed by atoms with E-state index in [1.165, 1.54) is 26.2 Å². The highest BCUT2D eigenvalue weighted by Crippen LogP contribution is 2.32. The number of nitrogens with one attached hydrogen (secondary N) is 1. The van der Waals surface area contributed by atoms with E-state index < -0.39 is 5.97 Å². The van der Waals surface area contributed by atoms with Crippen molar-refractivity contribution in [1.29, 1.82) is 0 Å². The van der Waals surface area contributed by atoms with E-state index in [9.17, 15) is 14.7 Å². The maximum Gasteiger partial charge on any atom is 0.221 e. The van der Waals surface area contributed by atoms with Gasteiger partial charge in [-0.25, -0.2) is 0 Å². The van der Waals surface area contributed by atoms with Crippen LogP contribution in [0.5, 0.6) is 5.75 Å². The van der Waals surface area contributed by atoms with Gasteiger partial charge in [0, 0.05) is 32.6 Å². The molecular weight excluding hydrogens is 236 g/mol. The third-order valence-corrected chi connectivity index (χ3v) is 2.33. The molecule has 1 rings (SSSR count). The molecule has 18 heavy (non-hydrogen) atoms. The van der Waals surface area contributed by atoms with E-state index in [0.717, 1.165) is 0 Å². The molecule has 0 heterocycles. The summed E-state index contributed by atoms with van der Waals surface area (Å²) in [6.07, 6.45) is 0.